The van der Waals surface area contributed by atoms with Crippen LogP contribution in [0.15, 0.2) is 30.3 Å². The van der Waals surface area contributed by atoms with Gasteiger partial charge in [0.05, 0.1) is 17.0 Å². The van der Waals surface area contributed by atoms with Crippen LogP contribution in [0.2, 0.25) is 0 Å². The molecule has 5 heteroatoms. The predicted octanol–water partition coefficient (Wildman–Crippen LogP) is 1.74. The van der Waals surface area contributed by atoms with Gasteiger partial charge in [0.15, 0.2) is 0 Å². The molecule has 0 spiro atoms. The number of aromatic nitrogens is 2. The molecule has 1 aromatic heterocycles. The number of aryl methyl sites for hydroxylation is 1. The summed E-state index contributed by atoms with van der Waals surface area (Å²) < 4.78 is 0. The van der Waals surface area contributed by atoms with Crippen LogP contribution in [-0.4, -0.2) is 34.9 Å². The lowest BCUT2D eigenvalue weighted by molar-refractivity contribution is 0.0827. The largest absolute Gasteiger partial charge is 0.368 e. The minimum absolute atomic E-state index is 0.128. The predicted molar refractivity (Wildman–Crippen MR) is 74.6 cm³/mol. The van der Waals surface area contributed by atoms with E-state index in [4.69, 9.17) is 5.73 Å². The van der Waals surface area contributed by atoms with Gasteiger partial charge in [-0.3, -0.25) is 4.79 Å². The molecule has 0 unspecified atom stereocenters. The van der Waals surface area contributed by atoms with Crippen molar-refractivity contribution < 1.29 is 4.79 Å². The Kier molecular flexibility index (Phi) is 3.46. The fourth-order valence-corrected chi connectivity index (χ4v) is 1.88. The molecule has 2 N–H and O–H groups in total. The zero-order valence-corrected chi connectivity index (χ0v) is 11.2. The summed E-state index contributed by atoms with van der Waals surface area (Å²) in [6.07, 6.45) is 0. The highest BCUT2D eigenvalue weighted by Gasteiger charge is 2.20. The molecule has 0 aliphatic rings. The van der Waals surface area contributed by atoms with Gasteiger partial charge >= 0.3 is 0 Å². The second kappa shape index (κ2) is 5.06. The van der Waals surface area contributed by atoms with E-state index in [2.05, 4.69) is 9.97 Å². The van der Waals surface area contributed by atoms with Crippen molar-refractivity contribution in [3.63, 3.8) is 0 Å². The maximum atomic E-state index is 12.3. The minimum atomic E-state index is -0.128. The highest BCUT2D eigenvalue weighted by atomic mass is 16.2. The van der Waals surface area contributed by atoms with Gasteiger partial charge in [0.25, 0.3) is 5.91 Å². The standard InChI is InChI=1S/C14H16N4O/c1-9-11(13(19)18(2)3)12(17-14(15)16-9)10-7-5-4-6-8-10/h4-8H,1-3H3,(H2,15,16,17). The molecule has 2 aromatic rings. The van der Waals surface area contributed by atoms with Crippen molar-refractivity contribution in [1.82, 2.24) is 14.9 Å². The van der Waals surface area contributed by atoms with E-state index in [1.807, 2.05) is 30.3 Å². The number of carbonyl (C=O) groups excluding carboxylic acids is 1. The van der Waals surface area contributed by atoms with Crippen LogP contribution in [0.25, 0.3) is 11.3 Å². The van der Waals surface area contributed by atoms with E-state index in [0.717, 1.165) is 5.56 Å². The van der Waals surface area contributed by atoms with E-state index in [-0.39, 0.29) is 11.9 Å². The monoisotopic (exact) mass is 256 g/mol. The summed E-state index contributed by atoms with van der Waals surface area (Å²) in [5.74, 6) is 0.0445. The number of anilines is 1. The molecule has 0 saturated heterocycles. The average Bonchev–Trinajstić information content (AvgIpc) is 2.38. The van der Waals surface area contributed by atoms with E-state index < -0.39 is 0 Å². The molecular formula is C14H16N4O. The van der Waals surface area contributed by atoms with E-state index in [1.54, 1.807) is 21.0 Å². The first kappa shape index (κ1) is 13.0. The third-order valence-corrected chi connectivity index (χ3v) is 2.77. The van der Waals surface area contributed by atoms with Crippen LogP contribution in [0.5, 0.6) is 0 Å². The fraction of sp³-hybridized carbons (Fsp3) is 0.214. The van der Waals surface area contributed by atoms with Gasteiger partial charge in [0.1, 0.15) is 0 Å². The zero-order chi connectivity index (χ0) is 14.0. The number of nitrogens with zero attached hydrogens (tertiary/aromatic N) is 3. The lowest BCUT2D eigenvalue weighted by atomic mass is 10.0. The topological polar surface area (TPSA) is 72.1 Å². The quantitative estimate of drug-likeness (QED) is 0.888. The Bertz CT molecular complexity index is 608. The second-order valence-electron chi connectivity index (χ2n) is 4.46. The summed E-state index contributed by atoms with van der Waals surface area (Å²) in [4.78, 5) is 22.1. The van der Waals surface area contributed by atoms with Gasteiger partial charge in [-0.2, -0.15) is 0 Å². The molecule has 19 heavy (non-hydrogen) atoms. The second-order valence-corrected chi connectivity index (χ2v) is 4.46. The van der Waals surface area contributed by atoms with E-state index in [9.17, 15) is 4.79 Å². The van der Waals surface area contributed by atoms with Gasteiger partial charge in [-0.25, -0.2) is 9.97 Å². The van der Waals surface area contributed by atoms with Crippen molar-refractivity contribution in [3.8, 4) is 11.3 Å². The van der Waals surface area contributed by atoms with Crippen molar-refractivity contribution in [3.05, 3.63) is 41.6 Å². The number of hydrogen-bond acceptors (Lipinski definition) is 4. The van der Waals surface area contributed by atoms with Crippen LogP contribution in [0.4, 0.5) is 5.95 Å². The third kappa shape index (κ3) is 2.54. The summed E-state index contributed by atoms with van der Waals surface area (Å²) in [6.45, 7) is 1.77. The fourth-order valence-electron chi connectivity index (χ4n) is 1.88. The molecule has 1 aromatic carbocycles. The minimum Gasteiger partial charge on any atom is -0.368 e. The Morgan fingerprint density at radius 3 is 2.37 bits per heavy atom. The van der Waals surface area contributed by atoms with Crippen molar-refractivity contribution in [2.24, 2.45) is 0 Å². The molecule has 2 rings (SSSR count). The summed E-state index contributed by atoms with van der Waals surface area (Å²) in [5, 5.41) is 0. The van der Waals surface area contributed by atoms with Gasteiger partial charge < -0.3 is 10.6 Å². The number of amides is 1. The van der Waals surface area contributed by atoms with Gasteiger partial charge in [-0.05, 0) is 6.92 Å². The molecule has 0 radical (unpaired) electrons. The van der Waals surface area contributed by atoms with Crippen LogP contribution in [0, 0.1) is 6.92 Å². The van der Waals surface area contributed by atoms with Crippen molar-refractivity contribution in [1.29, 1.82) is 0 Å². The van der Waals surface area contributed by atoms with Crippen LogP contribution >= 0.6 is 0 Å². The molecule has 0 aliphatic heterocycles. The Morgan fingerprint density at radius 2 is 1.79 bits per heavy atom. The first-order valence-corrected chi connectivity index (χ1v) is 5.92. The number of carbonyl (C=O) groups is 1. The van der Waals surface area contributed by atoms with E-state index in [1.165, 1.54) is 4.90 Å². The summed E-state index contributed by atoms with van der Waals surface area (Å²) in [7, 11) is 3.40. The Balaban J connectivity index is 2.69. The molecule has 0 fully saturated rings. The van der Waals surface area contributed by atoms with Gasteiger partial charge in [0, 0.05) is 19.7 Å². The average molecular weight is 256 g/mol. The first-order valence-electron chi connectivity index (χ1n) is 5.92. The van der Waals surface area contributed by atoms with Crippen LogP contribution in [0.1, 0.15) is 16.1 Å². The first-order chi connectivity index (χ1) is 9.00. The number of nitrogens with two attached hydrogens (primary N) is 1. The van der Waals surface area contributed by atoms with Crippen LogP contribution < -0.4 is 5.73 Å². The number of rotatable bonds is 2. The summed E-state index contributed by atoms with van der Waals surface area (Å²) in [5.41, 5.74) is 8.20. The number of nitrogen functional groups attached to an aromatic ring is 1. The molecule has 0 atom stereocenters. The smallest absolute Gasteiger partial charge is 0.257 e. The molecule has 0 saturated carbocycles. The Labute approximate surface area is 112 Å². The lowest BCUT2D eigenvalue weighted by Crippen LogP contribution is -2.24. The molecule has 0 aliphatic carbocycles. The molecule has 98 valence electrons. The number of hydrogen-bond donors (Lipinski definition) is 1. The van der Waals surface area contributed by atoms with Gasteiger partial charge in [-0.1, -0.05) is 30.3 Å². The highest BCUT2D eigenvalue weighted by Crippen LogP contribution is 2.24. The lowest BCUT2D eigenvalue weighted by Gasteiger charge is -2.15. The van der Waals surface area contributed by atoms with Crippen molar-refractivity contribution in [2.45, 2.75) is 6.92 Å². The number of benzene rings is 1. The van der Waals surface area contributed by atoms with E-state index in [0.29, 0.717) is 17.0 Å². The summed E-state index contributed by atoms with van der Waals surface area (Å²) in [6, 6.07) is 9.50. The molecule has 1 heterocycles. The Morgan fingerprint density at radius 1 is 1.16 bits per heavy atom. The molecular weight excluding hydrogens is 240 g/mol. The summed E-state index contributed by atoms with van der Waals surface area (Å²) >= 11 is 0. The van der Waals surface area contributed by atoms with Crippen molar-refractivity contribution in [2.75, 3.05) is 19.8 Å². The molecule has 1 amide bonds. The van der Waals surface area contributed by atoms with Crippen molar-refractivity contribution >= 4 is 11.9 Å². The Hall–Kier alpha value is -2.43. The highest BCUT2D eigenvalue weighted by molar-refractivity contribution is 6.00. The van der Waals surface area contributed by atoms with Crippen LogP contribution in [0.3, 0.4) is 0 Å². The zero-order valence-electron chi connectivity index (χ0n) is 11.2. The van der Waals surface area contributed by atoms with Crippen LogP contribution in [-0.2, 0) is 0 Å². The van der Waals surface area contributed by atoms with E-state index >= 15 is 0 Å². The molecule has 5 nitrogen and oxygen atoms in total. The third-order valence-electron chi connectivity index (χ3n) is 2.77. The maximum absolute atomic E-state index is 12.3. The molecule has 0 bridgehead atoms. The van der Waals surface area contributed by atoms with Gasteiger partial charge in [0.2, 0.25) is 5.95 Å². The SMILES string of the molecule is Cc1nc(N)nc(-c2ccccc2)c1C(=O)N(C)C. The van der Waals surface area contributed by atoms with Gasteiger partial charge in [-0.15, -0.1) is 0 Å². The maximum Gasteiger partial charge on any atom is 0.257 e. The normalized spacial score (nSPS) is 10.3.